The fraction of sp³-hybridized carbons (Fsp3) is 0.920. The van der Waals surface area contributed by atoms with Crippen LogP contribution in [0.25, 0.3) is 0 Å². The monoisotopic (exact) mass is 358 g/mol. The third kappa shape index (κ3) is 3.94. The van der Waals surface area contributed by atoms with Crippen molar-refractivity contribution in [1.29, 1.82) is 0 Å². The summed E-state index contributed by atoms with van der Waals surface area (Å²) < 4.78 is 0. The summed E-state index contributed by atoms with van der Waals surface area (Å²) in [6, 6.07) is 0. The predicted molar refractivity (Wildman–Crippen MR) is 110 cm³/mol. The molecule has 9 unspecified atom stereocenters. The molecule has 26 heavy (non-hydrogen) atoms. The number of fused-ring (bicyclic) bond motifs is 2. The first kappa shape index (κ1) is 19.0. The van der Waals surface area contributed by atoms with E-state index in [0.717, 1.165) is 60.2 Å². The molecular weight excluding hydrogens is 316 g/mol. The van der Waals surface area contributed by atoms with E-state index < -0.39 is 0 Å². The molecular formula is C25H42O. The van der Waals surface area contributed by atoms with Gasteiger partial charge in [0, 0.05) is 0 Å². The molecule has 9 atom stereocenters. The highest BCUT2D eigenvalue weighted by Crippen LogP contribution is 2.65. The molecule has 1 N–H and O–H groups in total. The van der Waals surface area contributed by atoms with Crippen LogP contribution in [0, 0.1) is 47.3 Å². The van der Waals surface area contributed by atoms with Crippen LogP contribution in [-0.2, 0) is 0 Å². The van der Waals surface area contributed by atoms with Crippen molar-refractivity contribution in [2.75, 3.05) is 0 Å². The van der Waals surface area contributed by atoms with Crippen molar-refractivity contribution < 1.29 is 5.11 Å². The average Bonchev–Trinajstić information content (AvgIpc) is 3.18. The largest absolute Gasteiger partial charge is 0.393 e. The summed E-state index contributed by atoms with van der Waals surface area (Å²) >= 11 is 0. The molecule has 0 aromatic rings. The van der Waals surface area contributed by atoms with Crippen LogP contribution in [0.2, 0.25) is 0 Å². The Morgan fingerprint density at radius 3 is 2.58 bits per heavy atom. The smallest absolute Gasteiger partial charge is 0.0540 e. The summed E-state index contributed by atoms with van der Waals surface area (Å²) in [5.41, 5.74) is 1.44. The molecule has 0 amide bonds. The van der Waals surface area contributed by atoms with Crippen LogP contribution in [0.15, 0.2) is 12.2 Å². The Bertz CT molecular complexity index is 496. The van der Waals surface area contributed by atoms with Crippen LogP contribution in [0.4, 0.5) is 0 Å². The number of aliphatic hydroxyl groups excluding tert-OH is 1. The van der Waals surface area contributed by atoms with Gasteiger partial charge in [-0.1, -0.05) is 38.8 Å². The van der Waals surface area contributed by atoms with Gasteiger partial charge in [-0.15, -0.1) is 0 Å². The molecule has 0 radical (unpaired) electrons. The van der Waals surface area contributed by atoms with Crippen molar-refractivity contribution in [3.05, 3.63) is 12.2 Å². The van der Waals surface area contributed by atoms with Gasteiger partial charge in [-0.05, 0) is 112 Å². The Labute approximate surface area is 162 Å². The van der Waals surface area contributed by atoms with Gasteiger partial charge in [-0.25, -0.2) is 0 Å². The molecule has 0 heterocycles. The summed E-state index contributed by atoms with van der Waals surface area (Å²) in [6.45, 7) is 9.10. The summed E-state index contributed by atoms with van der Waals surface area (Å²) in [5.74, 6) is 7.85. The topological polar surface area (TPSA) is 20.2 Å². The second-order valence-corrected chi connectivity index (χ2v) is 10.7. The lowest BCUT2D eigenvalue weighted by atomic mass is 9.63. The summed E-state index contributed by atoms with van der Waals surface area (Å²) in [5, 5.41) is 10.5. The quantitative estimate of drug-likeness (QED) is 0.508. The number of rotatable bonds is 7. The van der Waals surface area contributed by atoms with Crippen LogP contribution in [0.3, 0.4) is 0 Å². The third-order valence-electron chi connectivity index (χ3n) is 9.21. The van der Waals surface area contributed by atoms with Gasteiger partial charge in [0.1, 0.15) is 0 Å². The Morgan fingerprint density at radius 1 is 1.04 bits per heavy atom. The van der Waals surface area contributed by atoms with Gasteiger partial charge in [0.2, 0.25) is 0 Å². The minimum absolute atomic E-state index is 0.0476. The Balaban J connectivity index is 1.20. The standard InChI is InChI=1S/C25H42O/c1-4-18-7-9-20-15-24-22(25(24)17(3)23(20)14-18)12-11-21(26)10-8-19-6-5-16(2)13-19/h17-26H,2,4-15H2,1,3H3. The lowest BCUT2D eigenvalue weighted by molar-refractivity contribution is 0.0737. The molecule has 4 aliphatic carbocycles. The van der Waals surface area contributed by atoms with Gasteiger partial charge in [0.05, 0.1) is 6.10 Å². The maximum atomic E-state index is 10.5. The summed E-state index contributed by atoms with van der Waals surface area (Å²) in [7, 11) is 0. The molecule has 0 aromatic heterocycles. The zero-order chi connectivity index (χ0) is 18.3. The number of allylic oxidation sites excluding steroid dienone is 1. The van der Waals surface area contributed by atoms with E-state index in [1.165, 1.54) is 69.8 Å². The predicted octanol–water partition coefficient (Wildman–Crippen LogP) is 6.61. The molecule has 0 spiro atoms. The Kier molecular flexibility index (Phi) is 5.84. The van der Waals surface area contributed by atoms with E-state index in [-0.39, 0.29) is 6.10 Å². The molecule has 1 heteroatoms. The fourth-order valence-corrected chi connectivity index (χ4v) is 7.52. The fourth-order valence-electron chi connectivity index (χ4n) is 7.52. The zero-order valence-corrected chi connectivity index (χ0v) is 17.3. The van der Waals surface area contributed by atoms with Gasteiger partial charge < -0.3 is 5.11 Å². The molecule has 0 aromatic carbocycles. The lowest BCUT2D eigenvalue weighted by Gasteiger charge is -2.42. The second kappa shape index (κ2) is 7.98. The van der Waals surface area contributed by atoms with Crippen LogP contribution in [-0.4, -0.2) is 11.2 Å². The first-order chi connectivity index (χ1) is 12.6. The molecule has 4 saturated carbocycles. The minimum Gasteiger partial charge on any atom is -0.393 e. The molecule has 0 aliphatic heterocycles. The highest BCUT2D eigenvalue weighted by atomic mass is 16.3. The number of aliphatic hydroxyl groups is 1. The molecule has 148 valence electrons. The number of hydrogen-bond acceptors (Lipinski definition) is 1. The highest BCUT2D eigenvalue weighted by molar-refractivity contribution is 5.07. The molecule has 4 aliphatic rings. The lowest BCUT2D eigenvalue weighted by Crippen LogP contribution is -2.34. The van der Waals surface area contributed by atoms with E-state index in [4.69, 9.17) is 0 Å². The van der Waals surface area contributed by atoms with Gasteiger partial charge in [0.25, 0.3) is 0 Å². The first-order valence-corrected chi connectivity index (χ1v) is 11.9. The van der Waals surface area contributed by atoms with Gasteiger partial charge >= 0.3 is 0 Å². The minimum atomic E-state index is -0.0476. The van der Waals surface area contributed by atoms with Gasteiger partial charge in [-0.3, -0.25) is 0 Å². The number of hydrogen-bond donors (Lipinski definition) is 1. The molecule has 0 saturated heterocycles. The van der Waals surface area contributed by atoms with Gasteiger partial charge in [-0.2, -0.15) is 0 Å². The van der Waals surface area contributed by atoms with E-state index in [2.05, 4.69) is 20.4 Å². The highest BCUT2D eigenvalue weighted by Gasteiger charge is 2.58. The molecule has 0 bridgehead atoms. The third-order valence-corrected chi connectivity index (χ3v) is 9.21. The van der Waals surface area contributed by atoms with Crippen molar-refractivity contribution in [2.24, 2.45) is 47.3 Å². The van der Waals surface area contributed by atoms with Gasteiger partial charge in [0.15, 0.2) is 0 Å². The SMILES string of the molecule is C=C1CCC(CCC(O)CCC2C3CC4CCC(CC)CC4C(C)C23)C1. The van der Waals surface area contributed by atoms with E-state index in [9.17, 15) is 5.11 Å². The average molecular weight is 359 g/mol. The van der Waals surface area contributed by atoms with Crippen molar-refractivity contribution in [1.82, 2.24) is 0 Å². The van der Waals surface area contributed by atoms with Crippen molar-refractivity contribution in [3.8, 4) is 0 Å². The van der Waals surface area contributed by atoms with Crippen LogP contribution >= 0.6 is 0 Å². The molecule has 4 rings (SSSR count). The maximum Gasteiger partial charge on any atom is 0.0540 e. The van der Waals surface area contributed by atoms with Crippen molar-refractivity contribution >= 4 is 0 Å². The first-order valence-electron chi connectivity index (χ1n) is 11.9. The Morgan fingerprint density at radius 2 is 1.85 bits per heavy atom. The van der Waals surface area contributed by atoms with E-state index in [1.807, 2.05) is 0 Å². The van der Waals surface area contributed by atoms with E-state index in [0.29, 0.717) is 0 Å². The summed E-state index contributed by atoms with van der Waals surface area (Å²) in [6.07, 6.45) is 15.8. The zero-order valence-electron chi connectivity index (χ0n) is 17.3. The van der Waals surface area contributed by atoms with Crippen molar-refractivity contribution in [3.63, 3.8) is 0 Å². The molecule has 4 fully saturated rings. The Hall–Kier alpha value is -0.300. The molecule has 1 nitrogen and oxygen atoms in total. The van der Waals surface area contributed by atoms with E-state index >= 15 is 0 Å². The van der Waals surface area contributed by atoms with Crippen LogP contribution < -0.4 is 0 Å². The second-order valence-electron chi connectivity index (χ2n) is 10.7. The van der Waals surface area contributed by atoms with Crippen LogP contribution in [0.1, 0.15) is 90.9 Å². The van der Waals surface area contributed by atoms with Crippen LogP contribution in [0.5, 0.6) is 0 Å². The normalized spacial score (nSPS) is 45.9. The van der Waals surface area contributed by atoms with E-state index in [1.54, 1.807) is 0 Å². The summed E-state index contributed by atoms with van der Waals surface area (Å²) in [4.78, 5) is 0. The maximum absolute atomic E-state index is 10.5. The van der Waals surface area contributed by atoms with Crippen molar-refractivity contribution in [2.45, 2.75) is 97.0 Å².